The van der Waals surface area contributed by atoms with Gasteiger partial charge in [0.15, 0.2) is 0 Å². The summed E-state index contributed by atoms with van der Waals surface area (Å²) < 4.78 is 0. The Morgan fingerprint density at radius 1 is 1.24 bits per heavy atom. The summed E-state index contributed by atoms with van der Waals surface area (Å²) in [4.78, 5) is 2.49. The maximum Gasteiger partial charge on any atom is 0.106 e. The molecule has 0 aromatic heterocycles. The first kappa shape index (κ1) is 16.0. The summed E-state index contributed by atoms with van der Waals surface area (Å²) in [6.07, 6.45) is 3.97. The number of nitrogens with zero attached hydrogens (tertiary/aromatic N) is 2. The van der Waals surface area contributed by atoms with E-state index < -0.39 is 0 Å². The summed E-state index contributed by atoms with van der Waals surface area (Å²) in [5.74, 6) is 0. The Hall–Kier alpha value is -1.37. The molecule has 114 valence electrons. The maximum atomic E-state index is 9.51. The first-order valence-corrected chi connectivity index (χ1v) is 8.18. The third-order valence-corrected chi connectivity index (χ3v) is 4.52. The second kappa shape index (κ2) is 7.59. The lowest BCUT2D eigenvalue weighted by Gasteiger charge is -2.27. The minimum Gasteiger partial charge on any atom is -0.299 e. The van der Waals surface area contributed by atoms with Crippen molar-refractivity contribution in [1.29, 1.82) is 5.26 Å². The summed E-state index contributed by atoms with van der Waals surface area (Å²) in [7, 11) is 0. The largest absolute Gasteiger partial charge is 0.299 e. The van der Waals surface area contributed by atoms with Crippen molar-refractivity contribution in [3.63, 3.8) is 0 Å². The zero-order chi connectivity index (χ0) is 15.1. The van der Waals surface area contributed by atoms with Crippen molar-refractivity contribution >= 4 is 0 Å². The summed E-state index contributed by atoms with van der Waals surface area (Å²) in [5.41, 5.74) is 2.59. The minimum absolute atomic E-state index is 0.331. The van der Waals surface area contributed by atoms with Gasteiger partial charge in [-0.2, -0.15) is 5.26 Å². The minimum atomic E-state index is -0.331. The molecule has 0 amide bonds. The molecule has 21 heavy (non-hydrogen) atoms. The molecule has 1 aromatic rings. The lowest BCUT2D eigenvalue weighted by Crippen LogP contribution is -2.44. The number of rotatable bonds is 8. The Balaban J connectivity index is 1.80. The fourth-order valence-electron chi connectivity index (χ4n) is 3.10. The molecule has 0 fully saturated rings. The van der Waals surface area contributed by atoms with Crippen LogP contribution in [0.25, 0.3) is 0 Å². The van der Waals surface area contributed by atoms with E-state index in [0.29, 0.717) is 0 Å². The predicted molar refractivity (Wildman–Crippen MR) is 86.7 cm³/mol. The van der Waals surface area contributed by atoms with Crippen LogP contribution in [0.2, 0.25) is 0 Å². The van der Waals surface area contributed by atoms with Crippen LogP contribution in [0.4, 0.5) is 0 Å². The molecule has 0 spiro atoms. The van der Waals surface area contributed by atoms with E-state index in [1.165, 1.54) is 11.1 Å². The molecule has 0 saturated heterocycles. The Labute approximate surface area is 129 Å². The molecule has 1 heterocycles. The average Bonchev–Trinajstić information content (AvgIpc) is 2.93. The first-order valence-electron chi connectivity index (χ1n) is 8.18. The molecular formula is C18H27N3. The summed E-state index contributed by atoms with van der Waals surface area (Å²) in [6.45, 7) is 8.38. The van der Waals surface area contributed by atoms with Crippen molar-refractivity contribution in [3.8, 4) is 6.07 Å². The van der Waals surface area contributed by atoms with Gasteiger partial charge >= 0.3 is 0 Å². The van der Waals surface area contributed by atoms with Crippen LogP contribution < -0.4 is 5.32 Å². The standard InChI is InChI=1S/C18H27N3/c1-3-11-20-18(4-2,15-19)10-7-12-21-13-16-8-5-6-9-17(16)14-21/h5-6,8-9,20H,3-4,7,10-14H2,1-2H3. The van der Waals surface area contributed by atoms with Crippen molar-refractivity contribution in [3.05, 3.63) is 35.4 Å². The highest BCUT2D eigenvalue weighted by Gasteiger charge is 2.27. The zero-order valence-corrected chi connectivity index (χ0v) is 13.4. The van der Waals surface area contributed by atoms with Crippen LogP contribution in [0.15, 0.2) is 24.3 Å². The van der Waals surface area contributed by atoms with Crippen LogP contribution in [0.3, 0.4) is 0 Å². The number of nitriles is 1. The van der Waals surface area contributed by atoms with Gasteiger partial charge in [-0.25, -0.2) is 0 Å². The lowest BCUT2D eigenvalue weighted by molar-refractivity contribution is 0.259. The van der Waals surface area contributed by atoms with E-state index in [1.807, 2.05) is 0 Å². The van der Waals surface area contributed by atoms with Gasteiger partial charge in [0.25, 0.3) is 0 Å². The Bertz CT molecular complexity index is 466. The van der Waals surface area contributed by atoms with Crippen molar-refractivity contribution in [2.45, 2.75) is 58.2 Å². The number of benzene rings is 1. The molecule has 1 aliphatic rings. The smallest absolute Gasteiger partial charge is 0.106 e. The van der Waals surface area contributed by atoms with Gasteiger partial charge < -0.3 is 0 Å². The fourth-order valence-corrected chi connectivity index (χ4v) is 3.10. The Kier molecular flexibility index (Phi) is 5.78. The van der Waals surface area contributed by atoms with Crippen molar-refractivity contribution < 1.29 is 0 Å². The van der Waals surface area contributed by atoms with Crippen LogP contribution in [-0.4, -0.2) is 23.5 Å². The zero-order valence-electron chi connectivity index (χ0n) is 13.4. The van der Waals surface area contributed by atoms with Gasteiger partial charge in [-0.3, -0.25) is 10.2 Å². The molecule has 1 aromatic carbocycles. The number of fused-ring (bicyclic) bond motifs is 1. The van der Waals surface area contributed by atoms with Crippen LogP contribution in [0.5, 0.6) is 0 Å². The second-order valence-corrected chi connectivity index (χ2v) is 6.06. The number of hydrogen-bond donors (Lipinski definition) is 1. The van der Waals surface area contributed by atoms with Crippen LogP contribution in [0.1, 0.15) is 50.7 Å². The van der Waals surface area contributed by atoms with E-state index in [2.05, 4.69) is 54.4 Å². The molecule has 1 aliphatic heterocycles. The van der Waals surface area contributed by atoms with Gasteiger partial charge in [-0.05, 0) is 49.9 Å². The molecule has 1 N–H and O–H groups in total. The molecular weight excluding hydrogens is 258 g/mol. The van der Waals surface area contributed by atoms with Crippen LogP contribution in [0, 0.1) is 11.3 Å². The van der Waals surface area contributed by atoms with E-state index in [1.54, 1.807) is 0 Å². The third kappa shape index (κ3) is 4.06. The van der Waals surface area contributed by atoms with E-state index in [9.17, 15) is 5.26 Å². The van der Waals surface area contributed by atoms with Crippen molar-refractivity contribution in [2.24, 2.45) is 0 Å². The Morgan fingerprint density at radius 3 is 2.43 bits per heavy atom. The lowest BCUT2D eigenvalue weighted by atomic mass is 9.91. The molecule has 3 nitrogen and oxygen atoms in total. The predicted octanol–water partition coefficient (Wildman–Crippen LogP) is 3.45. The molecule has 1 unspecified atom stereocenters. The summed E-state index contributed by atoms with van der Waals surface area (Å²) >= 11 is 0. The monoisotopic (exact) mass is 285 g/mol. The SMILES string of the molecule is CCCNC(C#N)(CC)CCCN1Cc2ccccc2C1. The number of hydrogen-bond acceptors (Lipinski definition) is 3. The van der Waals surface area contributed by atoms with Crippen molar-refractivity contribution in [1.82, 2.24) is 10.2 Å². The van der Waals surface area contributed by atoms with E-state index in [4.69, 9.17) is 0 Å². The van der Waals surface area contributed by atoms with Gasteiger partial charge in [-0.1, -0.05) is 38.1 Å². The molecule has 0 radical (unpaired) electrons. The topological polar surface area (TPSA) is 39.1 Å². The van der Waals surface area contributed by atoms with Gasteiger partial charge in [-0.15, -0.1) is 0 Å². The molecule has 2 rings (SSSR count). The molecule has 1 atom stereocenters. The Morgan fingerprint density at radius 2 is 1.90 bits per heavy atom. The van der Waals surface area contributed by atoms with Crippen LogP contribution in [-0.2, 0) is 13.1 Å². The average molecular weight is 285 g/mol. The van der Waals surface area contributed by atoms with E-state index in [0.717, 1.165) is 51.9 Å². The highest BCUT2D eigenvalue weighted by molar-refractivity contribution is 5.30. The first-order chi connectivity index (χ1) is 10.2. The highest BCUT2D eigenvalue weighted by Crippen LogP contribution is 2.24. The van der Waals surface area contributed by atoms with E-state index >= 15 is 0 Å². The van der Waals surface area contributed by atoms with Crippen molar-refractivity contribution in [2.75, 3.05) is 13.1 Å². The molecule has 0 bridgehead atoms. The van der Waals surface area contributed by atoms with E-state index in [-0.39, 0.29) is 5.54 Å². The molecule has 0 saturated carbocycles. The quantitative estimate of drug-likeness (QED) is 0.795. The highest BCUT2D eigenvalue weighted by atomic mass is 15.1. The fraction of sp³-hybridized carbons (Fsp3) is 0.611. The molecule has 3 heteroatoms. The van der Waals surface area contributed by atoms with Gasteiger partial charge in [0.1, 0.15) is 5.54 Å². The summed E-state index contributed by atoms with van der Waals surface area (Å²) in [6, 6.07) is 11.2. The second-order valence-electron chi connectivity index (χ2n) is 6.06. The van der Waals surface area contributed by atoms with Crippen LogP contribution >= 0.6 is 0 Å². The number of nitrogens with one attached hydrogen (secondary N) is 1. The normalized spacial score (nSPS) is 17.2. The molecule has 0 aliphatic carbocycles. The maximum absolute atomic E-state index is 9.51. The third-order valence-electron chi connectivity index (χ3n) is 4.52. The van der Waals surface area contributed by atoms with Gasteiger partial charge in [0.05, 0.1) is 6.07 Å². The summed E-state index contributed by atoms with van der Waals surface area (Å²) in [5, 5.41) is 13.0. The van der Waals surface area contributed by atoms with Gasteiger partial charge in [0.2, 0.25) is 0 Å². The van der Waals surface area contributed by atoms with Gasteiger partial charge in [0, 0.05) is 13.1 Å².